The van der Waals surface area contributed by atoms with E-state index in [1.807, 2.05) is 12.1 Å². The number of alkyl carbamates (subject to hydrolysis) is 1. The smallest absolute Gasteiger partial charge is 0.407 e. The summed E-state index contributed by atoms with van der Waals surface area (Å²) in [5.74, 6) is -1.88. The molecule has 0 spiro atoms. The lowest BCUT2D eigenvalue weighted by atomic mass is 9.99. The van der Waals surface area contributed by atoms with Crippen molar-refractivity contribution >= 4 is 12.0 Å². The Morgan fingerprint density at radius 2 is 1.67 bits per heavy atom. The van der Waals surface area contributed by atoms with Gasteiger partial charge in [-0.2, -0.15) is 0 Å². The third-order valence-corrected chi connectivity index (χ3v) is 4.60. The SMILES string of the molecule is CC(C)(C)OC(=O)NCc1ccccc1-c1ncccc1C(=O)NCc1ccc(F)cc1F. The number of ether oxygens (including phenoxy) is 1. The first-order valence-electron chi connectivity index (χ1n) is 10.4. The number of nitrogens with zero attached hydrogens (tertiary/aromatic N) is 1. The number of halogens is 2. The molecule has 172 valence electrons. The molecule has 3 rings (SSSR count). The lowest BCUT2D eigenvalue weighted by molar-refractivity contribution is 0.0523. The van der Waals surface area contributed by atoms with Crippen molar-refractivity contribution < 1.29 is 23.1 Å². The second-order valence-corrected chi connectivity index (χ2v) is 8.33. The van der Waals surface area contributed by atoms with E-state index in [0.717, 1.165) is 17.7 Å². The summed E-state index contributed by atoms with van der Waals surface area (Å²) in [4.78, 5) is 29.3. The Kier molecular flexibility index (Phi) is 7.37. The van der Waals surface area contributed by atoms with Gasteiger partial charge < -0.3 is 15.4 Å². The molecular weight excluding hydrogens is 428 g/mol. The molecule has 0 fully saturated rings. The van der Waals surface area contributed by atoms with Crippen molar-refractivity contribution in [3.8, 4) is 11.3 Å². The molecule has 1 aromatic heterocycles. The van der Waals surface area contributed by atoms with E-state index in [0.29, 0.717) is 11.3 Å². The number of benzene rings is 2. The predicted molar refractivity (Wildman–Crippen MR) is 120 cm³/mol. The average molecular weight is 453 g/mol. The number of amides is 2. The lowest BCUT2D eigenvalue weighted by Gasteiger charge is -2.20. The summed E-state index contributed by atoms with van der Waals surface area (Å²) >= 11 is 0. The largest absolute Gasteiger partial charge is 0.444 e. The maximum Gasteiger partial charge on any atom is 0.407 e. The van der Waals surface area contributed by atoms with Gasteiger partial charge in [0, 0.05) is 36.5 Å². The van der Waals surface area contributed by atoms with Crippen molar-refractivity contribution in [1.29, 1.82) is 0 Å². The van der Waals surface area contributed by atoms with Gasteiger partial charge in [0.05, 0.1) is 11.3 Å². The molecule has 0 aliphatic rings. The summed E-state index contributed by atoms with van der Waals surface area (Å²) in [5, 5.41) is 5.36. The van der Waals surface area contributed by atoms with E-state index >= 15 is 0 Å². The first-order chi connectivity index (χ1) is 15.6. The van der Waals surface area contributed by atoms with Crippen LogP contribution in [0.15, 0.2) is 60.8 Å². The summed E-state index contributed by atoms with van der Waals surface area (Å²) < 4.78 is 32.3. The molecule has 0 atom stereocenters. The maximum atomic E-state index is 13.9. The van der Waals surface area contributed by atoms with Crippen molar-refractivity contribution in [2.75, 3.05) is 0 Å². The molecule has 8 heteroatoms. The fourth-order valence-corrected chi connectivity index (χ4v) is 3.13. The van der Waals surface area contributed by atoms with E-state index < -0.39 is 29.2 Å². The van der Waals surface area contributed by atoms with Crippen molar-refractivity contribution in [3.05, 3.63) is 89.1 Å². The molecular formula is C25H25F2N3O3. The van der Waals surface area contributed by atoms with E-state index in [4.69, 9.17) is 4.74 Å². The normalized spacial score (nSPS) is 11.1. The van der Waals surface area contributed by atoms with Crippen LogP contribution in [0.4, 0.5) is 13.6 Å². The highest BCUT2D eigenvalue weighted by molar-refractivity contribution is 6.00. The molecule has 0 aliphatic heterocycles. The van der Waals surface area contributed by atoms with Gasteiger partial charge >= 0.3 is 6.09 Å². The number of hydrogen-bond acceptors (Lipinski definition) is 4. The Bertz CT molecular complexity index is 1160. The van der Waals surface area contributed by atoms with Gasteiger partial charge in [-0.1, -0.05) is 30.3 Å². The van der Waals surface area contributed by atoms with Crippen LogP contribution in [0.5, 0.6) is 0 Å². The summed E-state index contributed by atoms with van der Waals surface area (Å²) in [5.41, 5.74) is 1.63. The van der Waals surface area contributed by atoms with Crippen molar-refractivity contribution in [2.24, 2.45) is 0 Å². The number of carbonyl (C=O) groups excluding carboxylic acids is 2. The van der Waals surface area contributed by atoms with Crippen LogP contribution in [0.1, 0.15) is 42.3 Å². The number of carbonyl (C=O) groups is 2. The number of aromatic nitrogens is 1. The van der Waals surface area contributed by atoms with Crippen molar-refractivity contribution in [2.45, 2.75) is 39.5 Å². The molecule has 3 aromatic rings. The number of nitrogens with one attached hydrogen (secondary N) is 2. The van der Waals surface area contributed by atoms with Gasteiger partial charge in [-0.3, -0.25) is 9.78 Å². The third kappa shape index (κ3) is 6.58. The minimum atomic E-state index is -0.736. The van der Waals surface area contributed by atoms with E-state index in [2.05, 4.69) is 15.6 Å². The molecule has 0 radical (unpaired) electrons. The zero-order chi connectivity index (χ0) is 24.0. The molecule has 0 bridgehead atoms. The van der Waals surface area contributed by atoms with E-state index in [-0.39, 0.29) is 24.2 Å². The van der Waals surface area contributed by atoms with E-state index in [1.54, 1.807) is 51.2 Å². The molecule has 2 N–H and O–H groups in total. The molecule has 6 nitrogen and oxygen atoms in total. The molecule has 0 saturated carbocycles. The standard InChI is InChI=1S/C25H25F2N3O3/c1-25(2,3)33-24(32)30-14-16-7-4-5-8-19(16)22-20(9-6-12-28-22)23(31)29-15-17-10-11-18(26)13-21(17)27/h4-13H,14-15H2,1-3H3,(H,29,31)(H,30,32). The summed E-state index contributed by atoms with van der Waals surface area (Å²) in [6.45, 7) is 5.38. The lowest BCUT2D eigenvalue weighted by Crippen LogP contribution is -2.32. The van der Waals surface area contributed by atoms with Gasteiger partial charge in [-0.25, -0.2) is 13.6 Å². The molecule has 0 aliphatic carbocycles. The Labute approximate surface area is 191 Å². The fourth-order valence-electron chi connectivity index (χ4n) is 3.13. The maximum absolute atomic E-state index is 13.9. The average Bonchev–Trinajstić information content (AvgIpc) is 2.76. The van der Waals surface area contributed by atoms with Crippen LogP contribution in [-0.2, 0) is 17.8 Å². The molecule has 2 amide bonds. The molecule has 0 unspecified atom stereocenters. The number of rotatable bonds is 6. The molecule has 2 aromatic carbocycles. The highest BCUT2D eigenvalue weighted by Gasteiger charge is 2.19. The predicted octanol–water partition coefficient (Wildman–Crippen LogP) is 4.98. The second kappa shape index (κ2) is 10.2. The van der Waals surface area contributed by atoms with Gasteiger partial charge in [0.2, 0.25) is 0 Å². The highest BCUT2D eigenvalue weighted by Crippen LogP contribution is 2.25. The Hall–Kier alpha value is -3.81. The zero-order valence-electron chi connectivity index (χ0n) is 18.6. The van der Waals surface area contributed by atoms with E-state index in [9.17, 15) is 18.4 Å². The van der Waals surface area contributed by atoms with Crippen LogP contribution in [-0.4, -0.2) is 22.6 Å². The summed E-state index contributed by atoms with van der Waals surface area (Å²) in [6.07, 6.45) is 1.00. The number of pyridine rings is 1. The quantitative estimate of drug-likeness (QED) is 0.552. The zero-order valence-corrected chi connectivity index (χ0v) is 18.6. The summed E-state index contributed by atoms with van der Waals surface area (Å²) in [7, 11) is 0. The van der Waals surface area contributed by atoms with Gasteiger partial charge in [-0.05, 0) is 44.5 Å². The Morgan fingerprint density at radius 3 is 2.39 bits per heavy atom. The molecule has 0 saturated heterocycles. The van der Waals surface area contributed by atoms with Gasteiger partial charge in [-0.15, -0.1) is 0 Å². The van der Waals surface area contributed by atoms with E-state index in [1.165, 1.54) is 6.07 Å². The van der Waals surface area contributed by atoms with Crippen LogP contribution >= 0.6 is 0 Å². The summed E-state index contributed by atoms with van der Waals surface area (Å²) in [6, 6.07) is 13.6. The number of hydrogen-bond donors (Lipinski definition) is 2. The van der Waals surface area contributed by atoms with Crippen molar-refractivity contribution in [1.82, 2.24) is 15.6 Å². The van der Waals surface area contributed by atoms with Gasteiger partial charge in [0.15, 0.2) is 0 Å². The van der Waals surface area contributed by atoms with Crippen LogP contribution in [0.3, 0.4) is 0 Å². The second-order valence-electron chi connectivity index (χ2n) is 8.33. The monoisotopic (exact) mass is 453 g/mol. The van der Waals surface area contributed by atoms with Crippen LogP contribution < -0.4 is 10.6 Å². The van der Waals surface area contributed by atoms with Gasteiger partial charge in [0.1, 0.15) is 17.2 Å². The minimum absolute atomic E-state index is 0.110. The highest BCUT2D eigenvalue weighted by atomic mass is 19.1. The molecule has 1 heterocycles. The van der Waals surface area contributed by atoms with Crippen LogP contribution in [0.2, 0.25) is 0 Å². The van der Waals surface area contributed by atoms with Crippen molar-refractivity contribution in [3.63, 3.8) is 0 Å². The molecule has 33 heavy (non-hydrogen) atoms. The first-order valence-corrected chi connectivity index (χ1v) is 10.4. The van der Waals surface area contributed by atoms with Gasteiger partial charge in [0.25, 0.3) is 5.91 Å². The fraction of sp³-hybridized carbons (Fsp3) is 0.240. The minimum Gasteiger partial charge on any atom is -0.444 e. The van der Waals surface area contributed by atoms with Crippen LogP contribution in [0, 0.1) is 11.6 Å². The topological polar surface area (TPSA) is 80.3 Å². The first kappa shape index (κ1) is 23.8. The third-order valence-electron chi connectivity index (χ3n) is 4.60. The Morgan fingerprint density at radius 1 is 0.939 bits per heavy atom. The Balaban J connectivity index is 1.80. The van der Waals surface area contributed by atoms with Crippen LogP contribution in [0.25, 0.3) is 11.3 Å².